The van der Waals surface area contributed by atoms with Crippen LogP contribution in [0, 0.1) is 29.1 Å². The van der Waals surface area contributed by atoms with Crippen molar-refractivity contribution in [3.8, 4) is 0 Å². The molecule has 4 aliphatic rings. The molecule has 1 spiro atoms. The fourth-order valence-electron chi connectivity index (χ4n) is 6.13. The Morgan fingerprint density at radius 3 is 3.05 bits per heavy atom. The van der Waals surface area contributed by atoms with Crippen LogP contribution >= 0.6 is 0 Å². The van der Waals surface area contributed by atoms with Crippen molar-refractivity contribution in [2.45, 2.75) is 38.7 Å². The summed E-state index contributed by atoms with van der Waals surface area (Å²) in [5.74, 6) is 2.16. The van der Waals surface area contributed by atoms with E-state index in [2.05, 4.69) is 18.9 Å². The largest absolute Gasteiger partial charge is 0.393 e. The molecule has 4 rings (SSSR count). The summed E-state index contributed by atoms with van der Waals surface area (Å²) in [7, 11) is 2.18. The van der Waals surface area contributed by atoms with Crippen molar-refractivity contribution in [1.82, 2.24) is 4.90 Å². The number of fused-ring (bicyclic) bond motifs is 2. The predicted octanol–water partition coefficient (Wildman–Crippen LogP) is 1.86. The van der Waals surface area contributed by atoms with Gasteiger partial charge in [0.25, 0.3) is 0 Å². The van der Waals surface area contributed by atoms with Gasteiger partial charge < -0.3 is 10.0 Å². The summed E-state index contributed by atoms with van der Waals surface area (Å²) in [5, 5.41) is 10.6. The molecule has 3 fully saturated rings. The number of ketones is 1. The van der Waals surface area contributed by atoms with Crippen LogP contribution < -0.4 is 0 Å². The molecule has 0 amide bonds. The van der Waals surface area contributed by atoms with E-state index < -0.39 is 0 Å². The molecule has 1 unspecified atom stereocenters. The van der Waals surface area contributed by atoms with Crippen LogP contribution in [0.2, 0.25) is 0 Å². The summed E-state index contributed by atoms with van der Waals surface area (Å²) >= 11 is 0. The van der Waals surface area contributed by atoms with E-state index in [9.17, 15) is 9.90 Å². The van der Waals surface area contributed by atoms with Gasteiger partial charge in [-0.15, -0.1) is 0 Å². The maximum absolute atomic E-state index is 12.9. The standard InChI is InChI=1S/C17H25NO2/c1-10-5-12-7-14(19)16-13-3-4-18(2)9-11(13)8-17(12,16)15(20)6-10/h6,11-14,16,19H,3-5,7-9H2,1-2H3/t11-,12+,13+,14+,16+,17?/m1/s1. The molecule has 1 saturated heterocycles. The number of hydrogen-bond donors (Lipinski definition) is 1. The fourth-order valence-corrected chi connectivity index (χ4v) is 6.13. The molecule has 6 atom stereocenters. The highest BCUT2D eigenvalue weighted by molar-refractivity contribution is 5.97. The van der Waals surface area contributed by atoms with Gasteiger partial charge in [-0.2, -0.15) is 0 Å². The van der Waals surface area contributed by atoms with Crippen LogP contribution in [0.15, 0.2) is 11.6 Å². The summed E-state index contributed by atoms with van der Waals surface area (Å²) in [6.45, 7) is 4.30. The maximum atomic E-state index is 12.9. The van der Waals surface area contributed by atoms with Gasteiger partial charge in [-0.05, 0) is 70.0 Å². The molecular weight excluding hydrogens is 250 g/mol. The number of aliphatic hydroxyl groups excluding tert-OH is 1. The lowest BCUT2D eigenvalue weighted by atomic mass is 9.64. The smallest absolute Gasteiger partial charge is 0.162 e. The topological polar surface area (TPSA) is 40.5 Å². The number of nitrogens with zero attached hydrogens (tertiary/aromatic N) is 1. The van der Waals surface area contributed by atoms with Crippen LogP contribution in [0.5, 0.6) is 0 Å². The van der Waals surface area contributed by atoms with E-state index in [1.54, 1.807) is 0 Å². The molecule has 0 radical (unpaired) electrons. The van der Waals surface area contributed by atoms with E-state index in [-0.39, 0.29) is 17.4 Å². The number of carbonyl (C=O) groups excluding carboxylic acids is 1. The molecule has 0 aromatic heterocycles. The zero-order valence-electron chi connectivity index (χ0n) is 12.5. The molecule has 0 aromatic rings. The minimum atomic E-state index is -0.248. The number of likely N-dealkylation sites (tertiary alicyclic amines) is 1. The quantitative estimate of drug-likeness (QED) is 0.733. The third-order valence-corrected chi connectivity index (χ3v) is 6.73. The summed E-state index contributed by atoms with van der Waals surface area (Å²) < 4.78 is 0. The molecule has 2 saturated carbocycles. The Bertz CT molecular complexity index is 485. The minimum absolute atomic E-state index is 0.209. The minimum Gasteiger partial charge on any atom is -0.393 e. The molecule has 0 aromatic carbocycles. The number of rotatable bonds is 0. The first-order valence-corrected chi connectivity index (χ1v) is 8.10. The van der Waals surface area contributed by atoms with Gasteiger partial charge >= 0.3 is 0 Å². The number of hydrogen-bond acceptors (Lipinski definition) is 3. The molecule has 110 valence electrons. The van der Waals surface area contributed by atoms with Crippen molar-refractivity contribution in [2.24, 2.45) is 29.1 Å². The summed E-state index contributed by atoms with van der Waals surface area (Å²) in [4.78, 5) is 15.3. The number of allylic oxidation sites excluding steroid dienone is 2. The highest BCUT2D eigenvalue weighted by Crippen LogP contribution is 2.66. The number of piperidine rings is 1. The Morgan fingerprint density at radius 1 is 1.45 bits per heavy atom. The third-order valence-electron chi connectivity index (χ3n) is 6.73. The first-order valence-electron chi connectivity index (χ1n) is 8.10. The Hall–Kier alpha value is -0.670. The SMILES string of the molecule is CC1=CC(=O)C23C[C@@H]4CN(C)CC[C@@H]4[C@H]2[C@@H](O)C[C@@H]3C1. The first-order chi connectivity index (χ1) is 9.52. The van der Waals surface area contributed by atoms with Gasteiger partial charge in [-0.1, -0.05) is 5.57 Å². The predicted molar refractivity (Wildman–Crippen MR) is 77.1 cm³/mol. The Kier molecular flexibility index (Phi) is 2.72. The van der Waals surface area contributed by atoms with Crippen molar-refractivity contribution in [1.29, 1.82) is 0 Å². The van der Waals surface area contributed by atoms with Crippen LogP contribution in [0.3, 0.4) is 0 Å². The Balaban J connectivity index is 1.76. The molecular formula is C17H25NO2. The molecule has 3 heteroatoms. The van der Waals surface area contributed by atoms with E-state index >= 15 is 0 Å². The van der Waals surface area contributed by atoms with Crippen LogP contribution in [0.4, 0.5) is 0 Å². The van der Waals surface area contributed by atoms with Gasteiger partial charge in [-0.25, -0.2) is 0 Å². The monoisotopic (exact) mass is 275 g/mol. The molecule has 1 heterocycles. The van der Waals surface area contributed by atoms with Crippen molar-refractivity contribution >= 4 is 5.78 Å². The lowest BCUT2D eigenvalue weighted by Crippen LogP contribution is -2.42. The zero-order chi connectivity index (χ0) is 14.1. The van der Waals surface area contributed by atoms with Gasteiger partial charge in [0, 0.05) is 17.9 Å². The lowest BCUT2D eigenvalue weighted by molar-refractivity contribution is -0.129. The second-order valence-corrected chi connectivity index (χ2v) is 7.80. The van der Waals surface area contributed by atoms with E-state index in [4.69, 9.17) is 0 Å². The zero-order valence-corrected chi connectivity index (χ0v) is 12.5. The first kappa shape index (κ1) is 13.0. The van der Waals surface area contributed by atoms with Gasteiger partial charge in [0.1, 0.15) is 0 Å². The molecule has 1 N–H and O–H groups in total. The summed E-state index contributed by atoms with van der Waals surface area (Å²) in [5.41, 5.74) is 1.00. The van der Waals surface area contributed by atoms with Gasteiger partial charge in [0.05, 0.1) is 6.10 Å². The highest BCUT2D eigenvalue weighted by Gasteiger charge is 2.67. The number of aliphatic hydroxyl groups is 1. The normalized spacial score (nSPS) is 51.5. The summed E-state index contributed by atoms with van der Waals surface area (Å²) in [6.07, 6.45) is 5.70. The molecule has 0 bridgehead atoms. The van der Waals surface area contributed by atoms with Crippen LogP contribution in [0.25, 0.3) is 0 Å². The highest BCUT2D eigenvalue weighted by atomic mass is 16.3. The average Bonchev–Trinajstić information content (AvgIpc) is 2.83. The molecule has 20 heavy (non-hydrogen) atoms. The van der Waals surface area contributed by atoms with Crippen LogP contribution in [0.1, 0.15) is 32.6 Å². The molecule has 3 nitrogen and oxygen atoms in total. The van der Waals surface area contributed by atoms with Gasteiger partial charge in [0.15, 0.2) is 5.78 Å². The second-order valence-electron chi connectivity index (χ2n) is 7.80. The van der Waals surface area contributed by atoms with Crippen molar-refractivity contribution in [3.05, 3.63) is 11.6 Å². The Morgan fingerprint density at radius 2 is 2.25 bits per heavy atom. The number of carbonyl (C=O) groups is 1. The third kappa shape index (κ3) is 1.51. The van der Waals surface area contributed by atoms with Crippen molar-refractivity contribution in [3.63, 3.8) is 0 Å². The van der Waals surface area contributed by atoms with Crippen LogP contribution in [-0.2, 0) is 4.79 Å². The van der Waals surface area contributed by atoms with E-state index in [0.717, 1.165) is 38.8 Å². The van der Waals surface area contributed by atoms with E-state index in [1.165, 1.54) is 5.57 Å². The van der Waals surface area contributed by atoms with Crippen molar-refractivity contribution in [2.75, 3.05) is 20.1 Å². The van der Waals surface area contributed by atoms with Gasteiger partial charge in [-0.3, -0.25) is 4.79 Å². The van der Waals surface area contributed by atoms with E-state index in [1.807, 2.05) is 6.08 Å². The van der Waals surface area contributed by atoms with Crippen LogP contribution in [-0.4, -0.2) is 42.0 Å². The Labute approximate surface area is 121 Å². The second kappa shape index (κ2) is 4.17. The lowest BCUT2D eigenvalue weighted by Gasteiger charge is -2.38. The summed E-state index contributed by atoms with van der Waals surface area (Å²) in [6, 6.07) is 0. The van der Waals surface area contributed by atoms with E-state index in [0.29, 0.717) is 23.5 Å². The molecule has 1 aliphatic heterocycles. The van der Waals surface area contributed by atoms with Crippen molar-refractivity contribution < 1.29 is 9.90 Å². The average molecular weight is 275 g/mol. The fraction of sp³-hybridized carbons (Fsp3) is 0.824. The van der Waals surface area contributed by atoms with Gasteiger partial charge in [0.2, 0.25) is 0 Å². The maximum Gasteiger partial charge on any atom is 0.162 e. The molecule has 3 aliphatic carbocycles.